The number of anilines is 3. The van der Waals surface area contributed by atoms with E-state index in [1.165, 1.54) is 16.2 Å². The lowest BCUT2D eigenvalue weighted by molar-refractivity contribution is 0.0831. The molecule has 3 rings (SSSR count). The highest BCUT2D eigenvalue weighted by atomic mass is 32.1. The minimum atomic E-state index is -0.545. The molecule has 1 atom stereocenters. The van der Waals surface area contributed by atoms with Crippen LogP contribution in [0.1, 0.15) is 40.2 Å². The first kappa shape index (κ1) is 19.8. The summed E-state index contributed by atoms with van der Waals surface area (Å²) in [7, 11) is 3.39. The molecule has 0 bridgehead atoms. The minimum Gasteiger partial charge on any atom is -0.373 e. The minimum absolute atomic E-state index is 0.0699. The molecule has 0 fully saturated rings. The Bertz CT molecular complexity index is 1060. The van der Waals surface area contributed by atoms with Gasteiger partial charge in [0.25, 0.3) is 16.8 Å². The third-order valence-corrected chi connectivity index (χ3v) is 5.81. The molecule has 1 aromatic heterocycles. The first-order valence-electron chi connectivity index (χ1n) is 9.06. The summed E-state index contributed by atoms with van der Waals surface area (Å²) in [6, 6.07) is 9.73. The fraction of sp³-hybridized carbons (Fsp3) is 0.286. The third-order valence-electron chi connectivity index (χ3n) is 4.74. The Labute approximate surface area is 167 Å². The van der Waals surface area contributed by atoms with Crippen LogP contribution in [0, 0.1) is 6.92 Å². The van der Waals surface area contributed by atoms with Crippen LogP contribution in [0.3, 0.4) is 0 Å². The summed E-state index contributed by atoms with van der Waals surface area (Å²) in [6.45, 7) is 3.85. The number of nitrogens with zero attached hydrogens (tertiary/aromatic N) is 1. The SMILES string of the molecule is CC[C@@H](Nc1c(Nc2csc(C(=O)N(C)C)c2C)c(=O)c1=O)c1ccccc1. The second-order valence-electron chi connectivity index (χ2n) is 6.85. The number of benzene rings is 1. The monoisotopic (exact) mass is 397 g/mol. The normalized spacial score (nSPS) is 12.0. The molecule has 7 heteroatoms. The molecule has 0 saturated heterocycles. The van der Waals surface area contributed by atoms with Gasteiger partial charge in [0.1, 0.15) is 11.4 Å². The van der Waals surface area contributed by atoms with Crippen molar-refractivity contribution in [1.82, 2.24) is 4.90 Å². The molecule has 0 aliphatic rings. The van der Waals surface area contributed by atoms with E-state index in [9.17, 15) is 14.4 Å². The molecule has 2 aromatic carbocycles. The number of hydrogen-bond donors (Lipinski definition) is 2. The molecular weight excluding hydrogens is 374 g/mol. The summed E-state index contributed by atoms with van der Waals surface area (Å²) in [5, 5.41) is 8.06. The van der Waals surface area contributed by atoms with E-state index in [0.717, 1.165) is 17.5 Å². The van der Waals surface area contributed by atoms with Crippen LogP contribution in [0.5, 0.6) is 0 Å². The first-order valence-corrected chi connectivity index (χ1v) is 9.94. The van der Waals surface area contributed by atoms with Crippen molar-refractivity contribution in [3.63, 3.8) is 0 Å². The lowest BCUT2D eigenvalue weighted by Gasteiger charge is -2.22. The Morgan fingerprint density at radius 1 is 1.11 bits per heavy atom. The van der Waals surface area contributed by atoms with E-state index in [1.54, 1.807) is 19.5 Å². The maximum atomic E-state index is 12.2. The molecule has 6 nitrogen and oxygen atoms in total. The van der Waals surface area contributed by atoms with Gasteiger partial charge in [-0.1, -0.05) is 37.3 Å². The maximum absolute atomic E-state index is 12.2. The summed E-state index contributed by atoms with van der Waals surface area (Å²) < 4.78 is 0. The zero-order chi connectivity index (χ0) is 20.4. The number of hydrogen-bond acceptors (Lipinski definition) is 6. The lowest BCUT2D eigenvalue weighted by atomic mass is 10.0. The largest absolute Gasteiger partial charge is 0.373 e. The molecule has 0 radical (unpaired) electrons. The van der Waals surface area contributed by atoms with Gasteiger partial charge in [-0.25, -0.2) is 0 Å². The summed E-state index contributed by atoms with van der Waals surface area (Å²) in [5.41, 5.74) is 1.97. The molecule has 1 amide bonds. The van der Waals surface area contributed by atoms with Crippen molar-refractivity contribution in [2.75, 3.05) is 24.7 Å². The van der Waals surface area contributed by atoms with Gasteiger partial charge in [0.05, 0.1) is 16.6 Å². The van der Waals surface area contributed by atoms with Gasteiger partial charge >= 0.3 is 0 Å². The maximum Gasteiger partial charge on any atom is 0.263 e. The van der Waals surface area contributed by atoms with E-state index in [0.29, 0.717) is 16.3 Å². The highest BCUT2D eigenvalue weighted by Crippen LogP contribution is 2.32. The van der Waals surface area contributed by atoms with Crippen molar-refractivity contribution in [3.05, 3.63) is 72.2 Å². The zero-order valence-electron chi connectivity index (χ0n) is 16.3. The standard InChI is InChI=1S/C21H23N3O3S/c1-5-14(13-9-7-6-8-10-13)22-16-17(19(26)18(16)25)23-15-11-28-20(12(15)2)21(27)24(3)4/h6-11,14,22-23H,5H2,1-4H3/t14-/m1/s1. The Morgan fingerprint density at radius 3 is 2.36 bits per heavy atom. The Hall–Kier alpha value is -2.93. The molecule has 146 valence electrons. The fourth-order valence-corrected chi connectivity index (χ4v) is 4.06. The molecule has 0 unspecified atom stereocenters. The smallest absolute Gasteiger partial charge is 0.263 e. The van der Waals surface area contributed by atoms with Crippen molar-refractivity contribution < 1.29 is 4.79 Å². The van der Waals surface area contributed by atoms with Gasteiger partial charge in [-0.05, 0) is 24.5 Å². The molecule has 0 spiro atoms. The average molecular weight is 398 g/mol. The van der Waals surface area contributed by atoms with Crippen molar-refractivity contribution in [3.8, 4) is 0 Å². The van der Waals surface area contributed by atoms with Crippen molar-refractivity contribution in [2.45, 2.75) is 26.3 Å². The average Bonchev–Trinajstić information content (AvgIpc) is 3.07. The molecular formula is C21H23N3O3S. The molecule has 3 aromatic rings. The van der Waals surface area contributed by atoms with Crippen molar-refractivity contribution >= 4 is 34.3 Å². The number of carbonyl (C=O) groups is 1. The third kappa shape index (κ3) is 3.57. The number of nitrogens with one attached hydrogen (secondary N) is 2. The lowest BCUT2D eigenvalue weighted by Crippen LogP contribution is -2.37. The molecule has 1 heterocycles. The van der Waals surface area contributed by atoms with Crippen LogP contribution in [0.4, 0.5) is 17.1 Å². The number of rotatable bonds is 7. The predicted molar refractivity (Wildman–Crippen MR) is 115 cm³/mol. The van der Waals surface area contributed by atoms with Crippen LogP contribution in [-0.4, -0.2) is 24.9 Å². The number of thiophene rings is 1. The first-order chi connectivity index (χ1) is 13.3. The van der Waals surface area contributed by atoms with Crippen LogP contribution in [0.15, 0.2) is 45.3 Å². The zero-order valence-corrected chi connectivity index (χ0v) is 17.1. The molecule has 0 saturated carbocycles. The van der Waals surface area contributed by atoms with Gasteiger partial charge in [-0.2, -0.15) is 0 Å². The topological polar surface area (TPSA) is 78.5 Å². The summed E-state index contributed by atoms with van der Waals surface area (Å²) >= 11 is 1.31. The van der Waals surface area contributed by atoms with Gasteiger partial charge in [0.2, 0.25) is 0 Å². The van der Waals surface area contributed by atoms with Crippen LogP contribution in [0.2, 0.25) is 0 Å². The van der Waals surface area contributed by atoms with Crippen LogP contribution < -0.4 is 21.5 Å². The molecule has 0 aliphatic carbocycles. The van der Waals surface area contributed by atoms with E-state index < -0.39 is 10.9 Å². The quantitative estimate of drug-likeness (QED) is 0.595. The number of amides is 1. The Morgan fingerprint density at radius 2 is 1.75 bits per heavy atom. The predicted octanol–water partition coefficient (Wildman–Crippen LogP) is 3.66. The number of carbonyl (C=O) groups excluding carboxylic acids is 1. The van der Waals surface area contributed by atoms with Crippen molar-refractivity contribution in [1.29, 1.82) is 0 Å². The highest BCUT2D eigenvalue weighted by Gasteiger charge is 2.25. The van der Waals surface area contributed by atoms with Crippen LogP contribution in [-0.2, 0) is 0 Å². The molecule has 0 aliphatic heterocycles. The van der Waals surface area contributed by atoms with E-state index >= 15 is 0 Å². The Kier molecular flexibility index (Phi) is 5.65. The highest BCUT2D eigenvalue weighted by molar-refractivity contribution is 7.12. The van der Waals surface area contributed by atoms with E-state index in [2.05, 4.69) is 10.6 Å². The van der Waals surface area contributed by atoms with Gasteiger partial charge in [-0.15, -0.1) is 11.3 Å². The summed E-state index contributed by atoms with van der Waals surface area (Å²) in [4.78, 5) is 38.7. The Balaban J connectivity index is 1.86. The molecule has 2 N–H and O–H groups in total. The van der Waals surface area contributed by atoms with Gasteiger partial charge in [-0.3, -0.25) is 14.4 Å². The fourth-order valence-electron chi connectivity index (χ4n) is 3.02. The van der Waals surface area contributed by atoms with Crippen LogP contribution >= 0.6 is 11.3 Å². The molecule has 28 heavy (non-hydrogen) atoms. The van der Waals surface area contributed by atoms with E-state index in [1.807, 2.05) is 44.2 Å². The second-order valence-corrected chi connectivity index (χ2v) is 7.73. The summed E-state index contributed by atoms with van der Waals surface area (Å²) in [5.74, 6) is -0.0889. The van der Waals surface area contributed by atoms with Crippen molar-refractivity contribution in [2.24, 2.45) is 0 Å². The van der Waals surface area contributed by atoms with E-state index in [-0.39, 0.29) is 17.6 Å². The second kappa shape index (κ2) is 7.98. The van der Waals surface area contributed by atoms with Crippen LogP contribution in [0.25, 0.3) is 0 Å². The van der Waals surface area contributed by atoms with Gasteiger partial charge < -0.3 is 15.5 Å². The van der Waals surface area contributed by atoms with E-state index in [4.69, 9.17) is 0 Å². The summed E-state index contributed by atoms with van der Waals surface area (Å²) in [6.07, 6.45) is 0.765. The van der Waals surface area contributed by atoms with Gasteiger partial charge in [0, 0.05) is 19.5 Å². The van der Waals surface area contributed by atoms with Gasteiger partial charge in [0.15, 0.2) is 0 Å².